The summed E-state index contributed by atoms with van der Waals surface area (Å²) in [6.45, 7) is 2.09. The molecule has 1 amide bonds. The molecule has 18 heavy (non-hydrogen) atoms. The lowest BCUT2D eigenvalue weighted by atomic mass is 10.2. The van der Waals surface area contributed by atoms with Crippen molar-refractivity contribution < 1.29 is 23.5 Å². The summed E-state index contributed by atoms with van der Waals surface area (Å²) in [6.07, 6.45) is 0. The lowest BCUT2D eigenvalue weighted by Crippen LogP contribution is -2.18. The van der Waals surface area contributed by atoms with Gasteiger partial charge in [0.2, 0.25) is 5.91 Å². The van der Waals surface area contributed by atoms with Crippen molar-refractivity contribution in [3.63, 3.8) is 0 Å². The van der Waals surface area contributed by atoms with Crippen LogP contribution in [0.4, 0.5) is 10.1 Å². The van der Waals surface area contributed by atoms with Gasteiger partial charge in [-0.2, -0.15) is 0 Å². The normalized spacial score (nSPS) is 9.94. The lowest BCUT2D eigenvalue weighted by Gasteiger charge is -2.07. The fraction of sp³-hybridized carbons (Fsp3) is 0.333. The second-order valence-corrected chi connectivity index (χ2v) is 3.37. The summed E-state index contributed by atoms with van der Waals surface area (Å²) in [5, 5.41) is 2.48. The van der Waals surface area contributed by atoms with Crippen LogP contribution >= 0.6 is 0 Å². The fourth-order valence-corrected chi connectivity index (χ4v) is 1.26. The van der Waals surface area contributed by atoms with Gasteiger partial charge in [-0.25, -0.2) is 9.18 Å². The summed E-state index contributed by atoms with van der Waals surface area (Å²) in [6, 6.07) is 3.65. The maximum absolute atomic E-state index is 13.3. The molecule has 98 valence electrons. The van der Waals surface area contributed by atoms with Crippen molar-refractivity contribution in [2.45, 2.75) is 6.92 Å². The number of amides is 1. The van der Waals surface area contributed by atoms with Crippen LogP contribution in [0.25, 0.3) is 0 Å². The third-order valence-corrected chi connectivity index (χ3v) is 2.09. The third kappa shape index (κ3) is 3.81. The van der Waals surface area contributed by atoms with Gasteiger partial charge in [0.05, 0.1) is 12.7 Å². The predicted molar refractivity (Wildman–Crippen MR) is 62.9 cm³/mol. The molecule has 0 aromatic heterocycles. The van der Waals surface area contributed by atoms with Gasteiger partial charge in [0.15, 0.2) is 0 Å². The second kappa shape index (κ2) is 6.70. The number of hydrogen-bond acceptors (Lipinski definition) is 4. The van der Waals surface area contributed by atoms with E-state index in [2.05, 4.69) is 10.1 Å². The number of anilines is 1. The van der Waals surface area contributed by atoms with Gasteiger partial charge < -0.3 is 14.8 Å². The number of rotatable bonds is 5. The Morgan fingerprint density at radius 2 is 2.11 bits per heavy atom. The van der Waals surface area contributed by atoms with Gasteiger partial charge in [0.1, 0.15) is 12.4 Å². The van der Waals surface area contributed by atoms with Gasteiger partial charge in [0.25, 0.3) is 0 Å². The predicted octanol–water partition coefficient (Wildman–Crippen LogP) is 1.59. The maximum Gasteiger partial charge on any atom is 0.340 e. The van der Waals surface area contributed by atoms with Gasteiger partial charge in [0, 0.05) is 12.3 Å². The zero-order chi connectivity index (χ0) is 13.5. The Morgan fingerprint density at radius 1 is 1.39 bits per heavy atom. The summed E-state index contributed by atoms with van der Waals surface area (Å²) in [4.78, 5) is 22.6. The van der Waals surface area contributed by atoms with Gasteiger partial charge in [-0.1, -0.05) is 0 Å². The van der Waals surface area contributed by atoms with Crippen LogP contribution in [-0.2, 0) is 14.3 Å². The van der Waals surface area contributed by atoms with Crippen molar-refractivity contribution in [2.24, 2.45) is 0 Å². The van der Waals surface area contributed by atoms with Gasteiger partial charge in [-0.05, 0) is 25.1 Å². The molecule has 0 aliphatic heterocycles. The van der Waals surface area contributed by atoms with E-state index in [1.807, 2.05) is 0 Å². The van der Waals surface area contributed by atoms with E-state index in [0.717, 1.165) is 13.2 Å². The topological polar surface area (TPSA) is 64.6 Å². The van der Waals surface area contributed by atoms with Crippen LogP contribution in [0.2, 0.25) is 0 Å². The zero-order valence-corrected chi connectivity index (χ0v) is 10.2. The molecule has 0 aliphatic rings. The minimum absolute atomic E-state index is 0.0958. The Hall–Kier alpha value is -1.95. The van der Waals surface area contributed by atoms with Crippen molar-refractivity contribution in [3.05, 3.63) is 29.6 Å². The number of methoxy groups -OCH3 is 1. The Bertz CT molecular complexity index is 448. The first-order chi connectivity index (χ1) is 8.58. The highest BCUT2D eigenvalue weighted by Gasteiger charge is 2.13. The van der Waals surface area contributed by atoms with E-state index in [4.69, 9.17) is 4.74 Å². The molecule has 0 unspecified atom stereocenters. The van der Waals surface area contributed by atoms with Crippen molar-refractivity contribution in [1.29, 1.82) is 0 Å². The Balaban J connectivity index is 2.79. The van der Waals surface area contributed by atoms with Crippen LogP contribution in [0.15, 0.2) is 18.2 Å². The van der Waals surface area contributed by atoms with E-state index >= 15 is 0 Å². The maximum atomic E-state index is 13.3. The molecule has 1 N–H and O–H groups in total. The van der Waals surface area contributed by atoms with Crippen LogP contribution in [0, 0.1) is 5.82 Å². The number of ether oxygens (including phenoxy) is 2. The van der Waals surface area contributed by atoms with E-state index in [-0.39, 0.29) is 18.1 Å². The smallest absolute Gasteiger partial charge is 0.340 e. The van der Waals surface area contributed by atoms with E-state index in [1.54, 1.807) is 6.92 Å². The van der Waals surface area contributed by atoms with Crippen molar-refractivity contribution in [1.82, 2.24) is 0 Å². The number of halogens is 1. The molecule has 1 rings (SSSR count). The molecule has 1 aromatic rings. The average Bonchev–Trinajstić information content (AvgIpc) is 2.37. The highest BCUT2D eigenvalue weighted by molar-refractivity contribution is 5.95. The van der Waals surface area contributed by atoms with E-state index in [9.17, 15) is 14.0 Å². The molecule has 1 aromatic carbocycles. The highest BCUT2D eigenvalue weighted by atomic mass is 19.1. The standard InChI is InChI=1S/C12H14FNO4/c1-3-18-7-11(15)14-8-4-5-10(13)9(6-8)12(16)17-2/h4-6H,3,7H2,1-2H3,(H,14,15). The number of benzene rings is 1. The summed E-state index contributed by atoms with van der Waals surface area (Å²) >= 11 is 0. The number of carbonyl (C=O) groups excluding carboxylic acids is 2. The molecule has 6 heteroatoms. The summed E-state index contributed by atoms with van der Waals surface area (Å²) < 4.78 is 22.6. The summed E-state index contributed by atoms with van der Waals surface area (Å²) in [7, 11) is 1.15. The summed E-state index contributed by atoms with van der Waals surface area (Å²) in [5.74, 6) is -1.88. The Kier molecular flexibility index (Phi) is 5.26. The lowest BCUT2D eigenvalue weighted by molar-refractivity contribution is -0.120. The van der Waals surface area contributed by atoms with E-state index in [0.29, 0.717) is 12.3 Å². The molecule has 5 nitrogen and oxygen atoms in total. The first-order valence-corrected chi connectivity index (χ1v) is 5.34. The first kappa shape index (κ1) is 14.1. The van der Waals surface area contributed by atoms with Crippen LogP contribution in [-0.4, -0.2) is 32.2 Å². The number of nitrogens with one attached hydrogen (secondary N) is 1. The highest BCUT2D eigenvalue weighted by Crippen LogP contribution is 2.15. The van der Waals surface area contributed by atoms with Crippen molar-refractivity contribution in [3.8, 4) is 0 Å². The zero-order valence-electron chi connectivity index (χ0n) is 10.2. The van der Waals surface area contributed by atoms with Gasteiger partial charge in [-0.3, -0.25) is 4.79 Å². The molecule has 0 heterocycles. The Morgan fingerprint density at radius 3 is 2.72 bits per heavy atom. The molecule has 0 atom stereocenters. The van der Waals surface area contributed by atoms with E-state index < -0.39 is 11.8 Å². The SMILES string of the molecule is CCOCC(=O)Nc1ccc(F)c(C(=O)OC)c1. The molecule has 0 aliphatic carbocycles. The van der Waals surface area contributed by atoms with Crippen molar-refractivity contribution >= 4 is 17.6 Å². The molecular weight excluding hydrogens is 241 g/mol. The van der Waals surface area contributed by atoms with E-state index in [1.165, 1.54) is 12.1 Å². The summed E-state index contributed by atoms with van der Waals surface area (Å²) in [5.41, 5.74) is 0.0770. The molecular formula is C12H14FNO4. The van der Waals surface area contributed by atoms with Crippen LogP contribution in [0.5, 0.6) is 0 Å². The largest absolute Gasteiger partial charge is 0.465 e. The van der Waals surface area contributed by atoms with Gasteiger partial charge >= 0.3 is 5.97 Å². The number of carbonyl (C=O) groups is 2. The van der Waals surface area contributed by atoms with Crippen LogP contribution < -0.4 is 5.32 Å². The Labute approximate surface area is 104 Å². The first-order valence-electron chi connectivity index (χ1n) is 5.34. The fourth-order valence-electron chi connectivity index (χ4n) is 1.26. The monoisotopic (exact) mass is 255 g/mol. The molecule has 0 spiro atoms. The minimum Gasteiger partial charge on any atom is -0.465 e. The van der Waals surface area contributed by atoms with Gasteiger partial charge in [-0.15, -0.1) is 0 Å². The molecule has 0 bridgehead atoms. The number of hydrogen-bond donors (Lipinski definition) is 1. The quantitative estimate of drug-likeness (QED) is 0.811. The third-order valence-electron chi connectivity index (χ3n) is 2.09. The minimum atomic E-state index is -0.798. The molecule has 0 saturated heterocycles. The molecule has 0 fully saturated rings. The number of esters is 1. The van der Waals surface area contributed by atoms with Crippen molar-refractivity contribution in [2.75, 3.05) is 25.6 Å². The van der Waals surface area contributed by atoms with Crippen LogP contribution in [0.1, 0.15) is 17.3 Å². The molecule has 0 radical (unpaired) electrons. The molecule has 0 saturated carbocycles. The second-order valence-electron chi connectivity index (χ2n) is 3.37. The average molecular weight is 255 g/mol. The van der Waals surface area contributed by atoms with Crippen LogP contribution in [0.3, 0.4) is 0 Å².